The van der Waals surface area contributed by atoms with Gasteiger partial charge < -0.3 is 15.7 Å². The fraction of sp³-hybridized carbons (Fsp3) is 0.818. The highest BCUT2D eigenvalue weighted by molar-refractivity contribution is 5.78. The maximum Gasteiger partial charge on any atom is 0.234 e. The third-order valence-electron chi connectivity index (χ3n) is 2.00. The van der Waals surface area contributed by atoms with Gasteiger partial charge in [0.25, 0.3) is 0 Å². The van der Waals surface area contributed by atoms with E-state index in [-0.39, 0.29) is 19.0 Å². The number of hydrogen-bond acceptors (Lipinski definition) is 4. The smallest absolute Gasteiger partial charge is 0.234 e. The lowest BCUT2D eigenvalue weighted by Gasteiger charge is -2.25. The Morgan fingerprint density at radius 2 is 2.19 bits per heavy atom. The van der Waals surface area contributed by atoms with Gasteiger partial charge in [-0.2, -0.15) is 5.26 Å². The Morgan fingerprint density at radius 1 is 1.56 bits per heavy atom. The minimum Gasteiger partial charge on any atom is -0.389 e. The van der Waals surface area contributed by atoms with Crippen molar-refractivity contribution in [1.29, 1.82) is 5.26 Å². The summed E-state index contributed by atoms with van der Waals surface area (Å²) < 4.78 is 0. The average molecular weight is 227 g/mol. The summed E-state index contributed by atoms with van der Waals surface area (Å²) in [5.41, 5.74) is -0.802. The number of nitriles is 1. The van der Waals surface area contributed by atoms with Crippen molar-refractivity contribution < 1.29 is 9.90 Å². The van der Waals surface area contributed by atoms with E-state index in [1.165, 1.54) is 0 Å². The van der Waals surface area contributed by atoms with E-state index in [0.29, 0.717) is 18.9 Å². The van der Waals surface area contributed by atoms with Gasteiger partial charge in [0.1, 0.15) is 6.54 Å². The van der Waals surface area contributed by atoms with Crippen molar-refractivity contribution in [2.45, 2.75) is 32.8 Å². The van der Waals surface area contributed by atoms with Crippen molar-refractivity contribution in [2.24, 2.45) is 5.92 Å². The molecule has 0 aliphatic heterocycles. The van der Waals surface area contributed by atoms with Crippen LogP contribution in [0.25, 0.3) is 0 Å². The van der Waals surface area contributed by atoms with Crippen LogP contribution >= 0.6 is 0 Å². The second-order valence-electron chi connectivity index (χ2n) is 4.63. The summed E-state index contributed by atoms with van der Waals surface area (Å²) in [7, 11) is 0. The molecule has 5 nitrogen and oxygen atoms in total. The van der Waals surface area contributed by atoms with Crippen molar-refractivity contribution in [2.75, 3.05) is 19.6 Å². The van der Waals surface area contributed by atoms with E-state index in [9.17, 15) is 9.90 Å². The van der Waals surface area contributed by atoms with Crippen LogP contribution in [0.1, 0.15) is 27.2 Å². The molecule has 5 heteroatoms. The molecule has 0 aliphatic carbocycles. The Labute approximate surface area is 96.8 Å². The lowest BCUT2D eigenvalue weighted by atomic mass is 9.94. The summed E-state index contributed by atoms with van der Waals surface area (Å²) in [6, 6.07) is 1.82. The molecule has 1 amide bonds. The molecule has 0 saturated carbocycles. The fourth-order valence-electron chi connectivity index (χ4n) is 1.60. The maximum atomic E-state index is 11.1. The summed E-state index contributed by atoms with van der Waals surface area (Å²) in [6.45, 7) is 6.32. The average Bonchev–Trinajstić information content (AvgIpc) is 2.12. The van der Waals surface area contributed by atoms with Crippen molar-refractivity contribution in [3.05, 3.63) is 0 Å². The largest absolute Gasteiger partial charge is 0.389 e. The van der Waals surface area contributed by atoms with Gasteiger partial charge >= 0.3 is 0 Å². The first-order chi connectivity index (χ1) is 7.37. The molecule has 0 saturated heterocycles. The van der Waals surface area contributed by atoms with Crippen molar-refractivity contribution in [3.8, 4) is 6.07 Å². The molecule has 0 aromatic carbocycles. The topological polar surface area (TPSA) is 85.2 Å². The maximum absolute atomic E-state index is 11.1. The molecule has 92 valence electrons. The van der Waals surface area contributed by atoms with Crippen LogP contribution in [0.5, 0.6) is 0 Å². The lowest BCUT2D eigenvalue weighted by Crippen LogP contribution is -2.43. The van der Waals surface area contributed by atoms with Crippen LogP contribution in [0.4, 0.5) is 0 Å². The first-order valence-corrected chi connectivity index (χ1v) is 5.44. The normalized spacial score (nSPS) is 14.2. The first-order valence-electron chi connectivity index (χ1n) is 5.44. The molecule has 0 aromatic heterocycles. The molecule has 0 aromatic rings. The van der Waals surface area contributed by atoms with Crippen molar-refractivity contribution >= 4 is 5.91 Å². The number of rotatable bonds is 7. The van der Waals surface area contributed by atoms with Crippen LogP contribution in [0.2, 0.25) is 0 Å². The Morgan fingerprint density at radius 3 is 2.69 bits per heavy atom. The minimum atomic E-state index is -0.802. The summed E-state index contributed by atoms with van der Waals surface area (Å²) >= 11 is 0. The zero-order chi connectivity index (χ0) is 12.6. The van der Waals surface area contributed by atoms with E-state index in [1.54, 1.807) is 6.92 Å². The number of carbonyl (C=O) groups is 1. The van der Waals surface area contributed by atoms with E-state index in [4.69, 9.17) is 5.26 Å². The van der Waals surface area contributed by atoms with Gasteiger partial charge in [-0.05, 0) is 19.3 Å². The lowest BCUT2D eigenvalue weighted by molar-refractivity contribution is -0.120. The third-order valence-corrected chi connectivity index (χ3v) is 2.00. The molecule has 1 unspecified atom stereocenters. The molecule has 0 radical (unpaired) electrons. The van der Waals surface area contributed by atoms with E-state index >= 15 is 0 Å². The Bertz CT molecular complexity index is 256. The highest BCUT2D eigenvalue weighted by Crippen LogP contribution is 2.14. The van der Waals surface area contributed by atoms with E-state index in [1.807, 2.05) is 19.9 Å². The van der Waals surface area contributed by atoms with Gasteiger partial charge in [0.2, 0.25) is 5.91 Å². The Hall–Kier alpha value is -1.12. The molecule has 0 bridgehead atoms. The SMILES string of the molecule is CC(C)CC(C)(O)CNCC(=O)NCC#N. The molecule has 16 heavy (non-hydrogen) atoms. The second-order valence-corrected chi connectivity index (χ2v) is 4.63. The van der Waals surface area contributed by atoms with E-state index in [0.717, 1.165) is 0 Å². The highest BCUT2D eigenvalue weighted by atomic mass is 16.3. The van der Waals surface area contributed by atoms with Crippen molar-refractivity contribution in [3.63, 3.8) is 0 Å². The summed E-state index contributed by atoms with van der Waals surface area (Å²) in [5.74, 6) is 0.172. The number of hydrogen-bond donors (Lipinski definition) is 3. The minimum absolute atomic E-state index is 0.0168. The molecule has 0 heterocycles. The summed E-state index contributed by atoms with van der Waals surface area (Å²) in [4.78, 5) is 11.1. The van der Waals surface area contributed by atoms with Crippen LogP contribution in [-0.4, -0.2) is 36.2 Å². The van der Waals surface area contributed by atoms with Crippen LogP contribution in [0.15, 0.2) is 0 Å². The number of amides is 1. The predicted octanol–water partition coefficient (Wildman–Crippen LogP) is 0.0129. The second kappa shape index (κ2) is 7.20. The molecule has 3 N–H and O–H groups in total. The number of aliphatic hydroxyl groups is 1. The van der Waals surface area contributed by atoms with Gasteiger partial charge in [0.15, 0.2) is 0 Å². The molecule has 0 spiro atoms. The summed E-state index contributed by atoms with van der Waals surface area (Å²) in [5, 5.41) is 23.5. The molecular formula is C11H21N3O2. The zero-order valence-electron chi connectivity index (χ0n) is 10.2. The molecule has 1 atom stereocenters. The zero-order valence-corrected chi connectivity index (χ0v) is 10.2. The van der Waals surface area contributed by atoms with Crippen LogP contribution in [0, 0.1) is 17.2 Å². The number of nitrogens with one attached hydrogen (secondary N) is 2. The molecule has 0 fully saturated rings. The molecule has 0 rings (SSSR count). The van der Waals surface area contributed by atoms with Crippen LogP contribution in [-0.2, 0) is 4.79 Å². The highest BCUT2D eigenvalue weighted by Gasteiger charge is 2.21. The van der Waals surface area contributed by atoms with Gasteiger partial charge in [0, 0.05) is 6.54 Å². The summed E-state index contributed by atoms with van der Waals surface area (Å²) in [6.07, 6.45) is 0.680. The predicted molar refractivity (Wildman–Crippen MR) is 61.6 cm³/mol. The van der Waals surface area contributed by atoms with Crippen LogP contribution < -0.4 is 10.6 Å². The first kappa shape index (κ1) is 14.9. The standard InChI is InChI=1S/C11H21N3O2/c1-9(2)6-11(3,16)8-13-7-10(15)14-5-4-12/h9,13,16H,5-8H2,1-3H3,(H,14,15). The van der Waals surface area contributed by atoms with Crippen molar-refractivity contribution in [1.82, 2.24) is 10.6 Å². The Balaban J connectivity index is 3.72. The number of nitrogens with zero attached hydrogens (tertiary/aromatic N) is 1. The van der Waals surface area contributed by atoms with Gasteiger partial charge in [-0.15, -0.1) is 0 Å². The van der Waals surface area contributed by atoms with Gasteiger partial charge in [0.05, 0.1) is 18.2 Å². The van der Waals surface area contributed by atoms with Gasteiger partial charge in [-0.3, -0.25) is 4.79 Å². The van der Waals surface area contributed by atoms with Crippen LogP contribution in [0.3, 0.4) is 0 Å². The fourth-order valence-corrected chi connectivity index (χ4v) is 1.60. The molecule has 0 aliphatic rings. The monoisotopic (exact) mass is 227 g/mol. The van der Waals surface area contributed by atoms with E-state index < -0.39 is 5.60 Å². The van der Waals surface area contributed by atoms with E-state index in [2.05, 4.69) is 10.6 Å². The quantitative estimate of drug-likeness (QED) is 0.535. The number of carbonyl (C=O) groups excluding carboxylic acids is 1. The molecular weight excluding hydrogens is 206 g/mol. The van der Waals surface area contributed by atoms with Gasteiger partial charge in [-0.1, -0.05) is 13.8 Å². The third kappa shape index (κ3) is 8.21. The van der Waals surface area contributed by atoms with Gasteiger partial charge in [-0.25, -0.2) is 0 Å². The Kier molecular flexibility index (Phi) is 6.70.